The van der Waals surface area contributed by atoms with Gasteiger partial charge in [0.25, 0.3) is 8.41 Å². The average molecular weight is 188 g/mol. The fourth-order valence-electron chi connectivity index (χ4n) is 0.293. The molecule has 0 aromatic heterocycles. The van der Waals surface area contributed by atoms with Gasteiger partial charge in [-0.2, -0.15) is 0 Å². The molecule has 0 saturated carbocycles. The fraction of sp³-hybridized carbons (Fsp3) is 0.500. The molecule has 0 radical (unpaired) electrons. The van der Waals surface area contributed by atoms with E-state index in [-0.39, 0.29) is 5.70 Å². The molecule has 0 bridgehead atoms. The molecular weight excluding hydrogens is 180 g/mol. The lowest BCUT2D eigenvalue weighted by Gasteiger charge is -2.02. The molecule has 0 rings (SSSR count). The normalized spacial score (nSPS) is 14.6. The summed E-state index contributed by atoms with van der Waals surface area (Å²) in [5.41, 5.74) is 0.776. The number of halogens is 4. The van der Waals surface area contributed by atoms with E-state index in [0.717, 1.165) is 0 Å². The maximum Gasteiger partial charge on any atom is 0.644 e. The van der Waals surface area contributed by atoms with Gasteiger partial charge in [-0.25, -0.2) is 12.3 Å². The van der Waals surface area contributed by atoms with E-state index in [4.69, 9.17) is 0 Å². The van der Waals surface area contributed by atoms with Crippen LogP contribution in [-0.2, 0) is 0 Å². The molecule has 0 aromatic carbocycles. The summed E-state index contributed by atoms with van der Waals surface area (Å²) in [6.07, 6.45) is 0. The highest BCUT2D eigenvalue weighted by Gasteiger charge is 2.34. The molecule has 0 atom stereocenters. The van der Waals surface area contributed by atoms with Crippen LogP contribution in [0, 0.1) is 0 Å². The lowest BCUT2D eigenvalue weighted by atomic mass is 11.2. The van der Waals surface area contributed by atoms with Crippen molar-refractivity contribution in [2.45, 2.75) is 13.1 Å². The van der Waals surface area contributed by atoms with Crippen molar-refractivity contribution in [1.29, 1.82) is 0 Å². The Morgan fingerprint density at radius 3 is 1.40 bits per heavy atom. The molecule has 0 aromatic rings. The lowest BCUT2D eigenvalue weighted by Crippen LogP contribution is -2.18. The molecule has 0 unspecified atom stereocenters. The number of hydrogen-bond acceptors (Lipinski definition) is 0. The summed E-state index contributed by atoms with van der Waals surface area (Å²) in [7, 11) is -8.79. The summed E-state index contributed by atoms with van der Waals surface area (Å²) in [4.78, 5) is 0. The van der Waals surface area contributed by atoms with Gasteiger partial charge in [0.05, 0.1) is 0 Å². The molecule has 0 saturated heterocycles. The first kappa shape index (κ1) is 9.89. The zero-order chi connectivity index (χ0) is 8.41. The third kappa shape index (κ3) is 7.89. The number of rotatable bonds is 2. The lowest BCUT2D eigenvalue weighted by molar-refractivity contribution is 0.498. The Bertz CT molecular complexity index is 115. The van der Waals surface area contributed by atoms with Crippen LogP contribution in [0.2, 0.25) is 13.1 Å². The van der Waals surface area contributed by atoms with Crippen LogP contribution in [0.1, 0.15) is 0 Å². The molecule has 0 aliphatic heterocycles. The first-order valence-corrected chi connectivity index (χ1v) is 7.33. The fourth-order valence-corrected chi connectivity index (χ4v) is 2.63. The van der Waals surface area contributed by atoms with Crippen molar-refractivity contribution in [2.24, 2.45) is 0 Å². The Morgan fingerprint density at radius 1 is 0.900 bits per heavy atom. The first-order chi connectivity index (χ1) is 4.21. The third-order valence-corrected chi connectivity index (χ3v) is 2.51. The smallest absolute Gasteiger partial charge is 0.309 e. The molecule has 60 valence electrons. The molecule has 0 spiro atoms. The predicted molar refractivity (Wildman–Crippen MR) is 36.8 cm³/mol. The Hall–Kier alpha value is -0.106. The first-order valence-electron chi connectivity index (χ1n) is 2.67. The zero-order valence-corrected chi connectivity index (χ0v) is 7.67. The molecule has 0 aliphatic rings. The second-order valence-electron chi connectivity index (χ2n) is 2.44. The van der Waals surface area contributed by atoms with Gasteiger partial charge in [0.1, 0.15) is 0 Å². The van der Waals surface area contributed by atoms with E-state index in [9.17, 15) is 16.4 Å². The van der Waals surface area contributed by atoms with Crippen molar-refractivity contribution in [2.75, 3.05) is 0 Å². The van der Waals surface area contributed by atoms with Crippen molar-refractivity contribution in [3.8, 4) is 0 Å². The summed E-state index contributed by atoms with van der Waals surface area (Å²) in [5.74, 6) is 0. The Labute approximate surface area is 59.3 Å². The largest absolute Gasteiger partial charge is 0.644 e. The van der Waals surface area contributed by atoms with Gasteiger partial charge in [-0.15, -0.1) is 0 Å². The zero-order valence-electron chi connectivity index (χ0n) is 5.67. The van der Waals surface area contributed by atoms with E-state index < -0.39 is 17.5 Å². The Balaban J connectivity index is 4.01. The third-order valence-electron chi connectivity index (χ3n) is 0.669. The molecule has 6 heteroatoms. The van der Waals surface area contributed by atoms with Gasteiger partial charge in [-0.3, -0.25) is 0 Å². The summed E-state index contributed by atoms with van der Waals surface area (Å²) in [6, 6.07) is 0. The van der Waals surface area contributed by atoms with Crippen molar-refractivity contribution in [3.63, 3.8) is 0 Å². The standard InChI is InChI=1S/C4H8F4Si2/c1-9(2,5)3-4-10(6,7)8/h3-4H,1-2H3/b4-3+. The van der Waals surface area contributed by atoms with E-state index in [0.29, 0.717) is 5.70 Å². The minimum Gasteiger partial charge on any atom is -0.309 e. The van der Waals surface area contributed by atoms with E-state index in [2.05, 4.69) is 0 Å². The topological polar surface area (TPSA) is 0 Å². The van der Waals surface area contributed by atoms with Gasteiger partial charge in [-0.05, 0) is 18.8 Å². The molecule has 0 fully saturated rings. The van der Waals surface area contributed by atoms with Crippen LogP contribution in [0.3, 0.4) is 0 Å². The van der Waals surface area contributed by atoms with Crippen molar-refractivity contribution < 1.29 is 16.4 Å². The summed E-state index contributed by atoms with van der Waals surface area (Å²) >= 11 is 0. The van der Waals surface area contributed by atoms with E-state index in [1.54, 1.807) is 0 Å². The van der Waals surface area contributed by atoms with Gasteiger partial charge in [-0.1, -0.05) is 5.70 Å². The van der Waals surface area contributed by atoms with E-state index >= 15 is 0 Å². The highest BCUT2D eigenvalue weighted by atomic mass is 28.5. The summed E-state index contributed by atoms with van der Waals surface area (Å²) in [5, 5.41) is 0. The molecular formula is C4H8F4Si2. The summed E-state index contributed by atoms with van der Waals surface area (Å²) in [6.45, 7) is 2.42. The van der Waals surface area contributed by atoms with Gasteiger partial charge in [0, 0.05) is 0 Å². The van der Waals surface area contributed by atoms with Crippen LogP contribution < -0.4 is 0 Å². The minimum absolute atomic E-state index is 0.0965. The molecule has 10 heavy (non-hydrogen) atoms. The van der Waals surface area contributed by atoms with Gasteiger partial charge in [0.15, 0.2) is 0 Å². The molecule has 0 aliphatic carbocycles. The van der Waals surface area contributed by atoms with Crippen LogP contribution in [0.25, 0.3) is 0 Å². The molecule has 0 nitrogen and oxygen atoms in total. The minimum atomic E-state index is -5.65. The second kappa shape index (κ2) is 2.87. The average Bonchev–Trinajstić information content (AvgIpc) is 1.57. The van der Waals surface area contributed by atoms with E-state index in [1.807, 2.05) is 0 Å². The van der Waals surface area contributed by atoms with Crippen molar-refractivity contribution >= 4 is 17.5 Å². The van der Waals surface area contributed by atoms with Crippen LogP contribution in [-0.4, -0.2) is 17.5 Å². The molecule has 0 heterocycles. The van der Waals surface area contributed by atoms with Gasteiger partial charge in [0.2, 0.25) is 0 Å². The van der Waals surface area contributed by atoms with Crippen LogP contribution >= 0.6 is 0 Å². The Kier molecular flexibility index (Phi) is 2.84. The van der Waals surface area contributed by atoms with Crippen LogP contribution in [0.4, 0.5) is 16.4 Å². The summed E-state index contributed by atoms with van der Waals surface area (Å²) < 4.78 is 47.0. The number of hydrogen-bond donors (Lipinski definition) is 0. The Morgan fingerprint density at radius 2 is 1.30 bits per heavy atom. The van der Waals surface area contributed by atoms with Gasteiger partial charge < -0.3 is 4.11 Å². The van der Waals surface area contributed by atoms with E-state index in [1.165, 1.54) is 13.1 Å². The van der Waals surface area contributed by atoms with Crippen LogP contribution in [0.5, 0.6) is 0 Å². The van der Waals surface area contributed by atoms with Crippen LogP contribution in [0.15, 0.2) is 11.4 Å². The predicted octanol–water partition coefficient (Wildman–Crippen LogP) is 2.64. The maximum atomic E-state index is 12.5. The highest BCUT2D eigenvalue weighted by molar-refractivity contribution is 6.77. The monoisotopic (exact) mass is 188 g/mol. The second-order valence-corrected chi connectivity index (χ2v) is 7.32. The maximum absolute atomic E-state index is 12.5. The SMILES string of the molecule is C[Si](C)(F)/C=C/[Si](F)(F)F. The highest BCUT2D eigenvalue weighted by Crippen LogP contribution is 2.13. The van der Waals surface area contributed by atoms with Gasteiger partial charge >= 0.3 is 9.08 Å². The quantitative estimate of drug-likeness (QED) is 0.355. The van der Waals surface area contributed by atoms with Crippen molar-refractivity contribution in [1.82, 2.24) is 0 Å². The molecule has 0 amide bonds. The molecule has 0 N–H and O–H groups in total. The van der Waals surface area contributed by atoms with Crippen molar-refractivity contribution in [3.05, 3.63) is 11.4 Å².